The van der Waals surface area contributed by atoms with Crippen molar-refractivity contribution in [2.75, 3.05) is 11.6 Å². The van der Waals surface area contributed by atoms with Crippen LogP contribution in [-0.4, -0.2) is 22.3 Å². The van der Waals surface area contributed by atoms with Gasteiger partial charge in [-0.1, -0.05) is 18.0 Å². The third-order valence-electron chi connectivity index (χ3n) is 4.13. The normalized spacial score (nSPS) is 15.8. The molecule has 6 nitrogen and oxygen atoms in total. The summed E-state index contributed by atoms with van der Waals surface area (Å²) >= 11 is 1.55. The van der Waals surface area contributed by atoms with Gasteiger partial charge in [0.15, 0.2) is 5.82 Å². The fourth-order valence-electron chi connectivity index (χ4n) is 2.89. The second kappa shape index (κ2) is 7.55. The van der Waals surface area contributed by atoms with Gasteiger partial charge in [0.05, 0.1) is 11.2 Å². The molecule has 1 heterocycles. The van der Waals surface area contributed by atoms with Crippen LogP contribution in [0.4, 0.5) is 5.69 Å². The average Bonchev–Trinajstić information content (AvgIpc) is 3.17. The fourth-order valence-corrected chi connectivity index (χ4v) is 3.47. The van der Waals surface area contributed by atoms with Crippen LogP contribution in [-0.2, 0) is 10.3 Å². The van der Waals surface area contributed by atoms with Crippen LogP contribution in [0.5, 0.6) is 0 Å². The van der Waals surface area contributed by atoms with Gasteiger partial charge in [-0.3, -0.25) is 4.79 Å². The van der Waals surface area contributed by atoms with Gasteiger partial charge in [0.1, 0.15) is 0 Å². The molecular weight excluding hydrogens is 348 g/mol. The van der Waals surface area contributed by atoms with E-state index in [9.17, 15) is 4.79 Å². The lowest BCUT2D eigenvalue weighted by Gasteiger charge is -2.17. The molecule has 0 spiro atoms. The summed E-state index contributed by atoms with van der Waals surface area (Å²) in [7, 11) is 0. The Morgan fingerprint density at radius 3 is 2.71 bits per heavy atom. The molecule has 0 radical (unpaired) electrons. The Balaban J connectivity index is 0.00000208. The number of hydrogen-bond donors (Lipinski definition) is 2. The van der Waals surface area contributed by atoms with Gasteiger partial charge in [0.25, 0.3) is 5.89 Å². The summed E-state index contributed by atoms with van der Waals surface area (Å²) in [6.07, 6.45) is 5.94. The van der Waals surface area contributed by atoms with Gasteiger partial charge in [-0.05, 0) is 37.3 Å². The zero-order valence-electron chi connectivity index (χ0n) is 13.7. The molecule has 24 heavy (non-hydrogen) atoms. The summed E-state index contributed by atoms with van der Waals surface area (Å²) in [5.74, 6) is 0.947. The predicted octanol–water partition coefficient (Wildman–Crippen LogP) is 3.57. The third kappa shape index (κ3) is 3.74. The monoisotopic (exact) mass is 368 g/mol. The van der Waals surface area contributed by atoms with Crippen molar-refractivity contribution in [3.8, 4) is 11.5 Å². The van der Waals surface area contributed by atoms with Crippen LogP contribution >= 0.6 is 24.2 Å². The molecule has 1 amide bonds. The number of hydrogen-bond acceptors (Lipinski definition) is 6. The van der Waals surface area contributed by atoms with Crippen molar-refractivity contribution in [3.63, 3.8) is 0 Å². The number of anilines is 1. The van der Waals surface area contributed by atoms with Crippen molar-refractivity contribution in [1.29, 1.82) is 0 Å². The molecule has 1 aromatic heterocycles. The maximum atomic E-state index is 11.2. The lowest BCUT2D eigenvalue weighted by atomic mass is 9.99. The summed E-state index contributed by atoms with van der Waals surface area (Å²) in [4.78, 5) is 16.7. The maximum absolute atomic E-state index is 11.2. The van der Waals surface area contributed by atoms with E-state index in [0.717, 1.165) is 41.8 Å². The second-order valence-corrected chi connectivity index (χ2v) is 6.73. The van der Waals surface area contributed by atoms with Crippen LogP contribution < -0.4 is 11.1 Å². The number of carbonyl (C=O) groups excluding carboxylic acids is 1. The first-order chi connectivity index (χ1) is 11.0. The molecule has 3 N–H and O–H groups in total. The molecule has 8 heteroatoms. The van der Waals surface area contributed by atoms with Gasteiger partial charge in [-0.2, -0.15) is 4.98 Å². The van der Waals surface area contributed by atoms with Crippen LogP contribution in [0.25, 0.3) is 11.5 Å². The van der Waals surface area contributed by atoms with Crippen LogP contribution in [0.15, 0.2) is 27.6 Å². The van der Waals surface area contributed by atoms with E-state index < -0.39 is 5.54 Å². The Bertz CT molecular complexity index is 729. The summed E-state index contributed by atoms with van der Waals surface area (Å²) in [6, 6.07) is 5.64. The zero-order chi connectivity index (χ0) is 16.4. The number of benzene rings is 1. The van der Waals surface area contributed by atoms with Crippen molar-refractivity contribution >= 4 is 35.8 Å². The number of rotatable bonds is 4. The lowest BCUT2D eigenvalue weighted by Crippen LogP contribution is -2.34. The van der Waals surface area contributed by atoms with Crippen LogP contribution in [0.2, 0.25) is 0 Å². The van der Waals surface area contributed by atoms with Crippen molar-refractivity contribution < 1.29 is 9.32 Å². The Kier molecular flexibility index (Phi) is 5.90. The molecule has 2 aromatic rings. The number of nitrogens with two attached hydrogens (primary N) is 1. The maximum Gasteiger partial charge on any atom is 0.258 e. The number of thioether (sulfide) groups is 1. The van der Waals surface area contributed by atoms with Crippen LogP contribution in [0.3, 0.4) is 0 Å². The zero-order valence-corrected chi connectivity index (χ0v) is 15.3. The number of halogens is 1. The first-order valence-electron chi connectivity index (χ1n) is 7.61. The van der Waals surface area contributed by atoms with Gasteiger partial charge in [0, 0.05) is 17.4 Å². The Hall–Kier alpha value is -1.57. The predicted molar refractivity (Wildman–Crippen MR) is 97.4 cm³/mol. The number of nitrogens with one attached hydrogen (secondary N) is 1. The van der Waals surface area contributed by atoms with E-state index in [-0.39, 0.29) is 18.3 Å². The minimum atomic E-state index is -0.458. The van der Waals surface area contributed by atoms with E-state index in [1.54, 1.807) is 11.8 Å². The molecule has 0 unspecified atom stereocenters. The highest BCUT2D eigenvalue weighted by Crippen LogP contribution is 2.36. The third-order valence-corrected chi connectivity index (χ3v) is 4.90. The summed E-state index contributed by atoms with van der Waals surface area (Å²) in [6.45, 7) is 1.49. The molecule has 1 aliphatic carbocycles. The quantitative estimate of drug-likeness (QED) is 0.801. The van der Waals surface area contributed by atoms with Crippen molar-refractivity contribution in [2.24, 2.45) is 5.73 Å². The molecule has 1 aromatic carbocycles. The molecule has 1 aliphatic rings. The van der Waals surface area contributed by atoms with E-state index in [0.29, 0.717) is 11.7 Å². The van der Waals surface area contributed by atoms with Gasteiger partial charge in [-0.25, -0.2) is 0 Å². The standard InChI is InChI=1S/C16H20N4O2S.ClH/c1-10(21)18-12-6-5-11(9-13(12)23-2)14-19-15(20-22-14)16(17)7-3-4-8-16;/h5-6,9H,3-4,7-8,17H2,1-2H3,(H,18,21);1H. The van der Waals surface area contributed by atoms with Crippen LogP contribution in [0.1, 0.15) is 38.4 Å². The fraction of sp³-hybridized carbons (Fsp3) is 0.438. The topological polar surface area (TPSA) is 94.0 Å². The van der Waals surface area contributed by atoms with Gasteiger partial charge in [0.2, 0.25) is 5.91 Å². The van der Waals surface area contributed by atoms with Crippen molar-refractivity contribution in [1.82, 2.24) is 10.1 Å². The van der Waals surface area contributed by atoms with Crippen LogP contribution in [0, 0.1) is 0 Å². The Morgan fingerprint density at radius 2 is 2.08 bits per heavy atom. The number of nitrogens with zero attached hydrogens (tertiary/aromatic N) is 2. The molecule has 1 fully saturated rings. The Labute approximate surface area is 151 Å². The van der Waals surface area contributed by atoms with E-state index in [1.807, 2.05) is 24.5 Å². The average molecular weight is 369 g/mol. The van der Waals surface area contributed by atoms with E-state index in [2.05, 4.69) is 15.5 Å². The Morgan fingerprint density at radius 1 is 1.38 bits per heavy atom. The summed E-state index contributed by atoms with van der Waals surface area (Å²) in [5.41, 5.74) is 7.51. The van der Waals surface area contributed by atoms with Gasteiger partial charge < -0.3 is 15.6 Å². The molecule has 130 valence electrons. The molecule has 0 atom stereocenters. The molecule has 0 saturated heterocycles. The van der Waals surface area contributed by atoms with Gasteiger partial charge in [-0.15, -0.1) is 24.2 Å². The molecule has 1 saturated carbocycles. The number of amides is 1. The highest BCUT2D eigenvalue weighted by Gasteiger charge is 2.36. The van der Waals surface area contributed by atoms with E-state index in [4.69, 9.17) is 10.3 Å². The lowest BCUT2D eigenvalue weighted by molar-refractivity contribution is -0.114. The minimum absolute atomic E-state index is 0. The highest BCUT2D eigenvalue weighted by molar-refractivity contribution is 7.98. The molecule has 0 bridgehead atoms. The largest absolute Gasteiger partial charge is 0.334 e. The first kappa shape index (κ1) is 18.8. The molecule has 3 rings (SSSR count). The number of carbonyl (C=O) groups is 1. The second-order valence-electron chi connectivity index (χ2n) is 5.88. The summed E-state index contributed by atoms with van der Waals surface area (Å²) in [5, 5.41) is 6.90. The smallest absolute Gasteiger partial charge is 0.258 e. The van der Waals surface area contributed by atoms with Crippen molar-refractivity contribution in [2.45, 2.75) is 43.0 Å². The van der Waals surface area contributed by atoms with Crippen molar-refractivity contribution in [3.05, 3.63) is 24.0 Å². The van der Waals surface area contributed by atoms with E-state index >= 15 is 0 Å². The minimum Gasteiger partial charge on any atom is -0.334 e. The van der Waals surface area contributed by atoms with Gasteiger partial charge >= 0.3 is 0 Å². The van der Waals surface area contributed by atoms with E-state index in [1.165, 1.54) is 6.92 Å². The molecule has 0 aliphatic heterocycles. The highest BCUT2D eigenvalue weighted by atomic mass is 35.5. The summed E-state index contributed by atoms with van der Waals surface area (Å²) < 4.78 is 5.41. The number of aromatic nitrogens is 2. The SMILES string of the molecule is CSc1cc(-c2nc(C3(N)CCCC3)no2)ccc1NC(C)=O.Cl. The first-order valence-corrected chi connectivity index (χ1v) is 8.83. The molecular formula is C16H21ClN4O2S.